The largest absolute Gasteiger partial charge is 0.308 e. The van der Waals surface area contributed by atoms with Crippen LogP contribution in [0.3, 0.4) is 0 Å². The maximum atomic E-state index is 4.38. The van der Waals surface area contributed by atoms with Crippen molar-refractivity contribution in [2.45, 2.75) is 47.2 Å². The van der Waals surface area contributed by atoms with E-state index in [0.29, 0.717) is 6.04 Å². The maximum Gasteiger partial charge on any atom is 0.0700 e. The highest BCUT2D eigenvalue weighted by Crippen LogP contribution is 2.36. The molecule has 1 aromatic heterocycles. The van der Waals surface area contributed by atoms with Crippen LogP contribution in [0.2, 0.25) is 0 Å². The molecule has 1 atom stereocenters. The van der Waals surface area contributed by atoms with Crippen LogP contribution in [0.1, 0.15) is 46.4 Å². The van der Waals surface area contributed by atoms with E-state index in [1.807, 2.05) is 6.20 Å². The van der Waals surface area contributed by atoms with Gasteiger partial charge in [-0.05, 0) is 34.8 Å². The molecule has 0 radical (unpaired) electrons. The van der Waals surface area contributed by atoms with Crippen LogP contribution < -0.4 is 5.32 Å². The molecule has 3 nitrogen and oxygen atoms in total. The Kier molecular flexibility index (Phi) is 4.56. The van der Waals surface area contributed by atoms with Crippen LogP contribution in [0.4, 0.5) is 0 Å². The van der Waals surface area contributed by atoms with E-state index in [4.69, 9.17) is 0 Å². The van der Waals surface area contributed by atoms with Crippen molar-refractivity contribution in [2.75, 3.05) is 6.54 Å². The molecule has 0 saturated heterocycles. The van der Waals surface area contributed by atoms with Gasteiger partial charge in [0.15, 0.2) is 0 Å². The van der Waals surface area contributed by atoms with Crippen LogP contribution in [-0.2, 0) is 6.54 Å². The Labute approximate surface area is 107 Å². The summed E-state index contributed by atoms with van der Waals surface area (Å²) < 4.78 is 3.15. The smallest absolute Gasteiger partial charge is 0.0700 e. The summed E-state index contributed by atoms with van der Waals surface area (Å²) in [5.74, 6) is 0. The van der Waals surface area contributed by atoms with Gasteiger partial charge in [-0.15, -0.1) is 0 Å². The number of halogens is 1. The molecule has 0 aliphatic heterocycles. The van der Waals surface area contributed by atoms with Crippen molar-refractivity contribution >= 4 is 15.9 Å². The zero-order valence-corrected chi connectivity index (χ0v) is 12.4. The molecule has 16 heavy (non-hydrogen) atoms. The number of aromatic nitrogens is 2. The van der Waals surface area contributed by atoms with Crippen molar-refractivity contribution in [1.82, 2.24) is 15.1 Å². The van der Waals surface area contributed by atoms with Gasteiger partial charge >= 0.3 is 0 Å². The zero-order chi connectivity index (χ0) is 12.3. The van der Waals surface area contributed by atoms with E-state index in [0.717, 1.165) is 17.6 Å². The maximum absolute atomic E-state index is 4.38. The SMILES string of the molecule is CCNC(c1c(Br)cnn1CC)C(C)(C)C. The van der Waals surface area contributed by atoms with Crippen LogP contribution in [0, 0.1) is 5.41 Å². The predicted octanol–water partition coefficient (Wildman–Crippen LogP) is 3.36. The Morgan fingerprint density at radius 3 is 2.50 bits per heavy atom. The van der Waals surface area contributed by atoms with E-state index >= 15 is 0 Å². The summed E-state index contributed by atoms with van der Waals surface area (Å²) in [6.45, 7) is 12.9. The first-order chi connectivity index (χ1) is 7.41. The van der Waals surface area contributed by atoms with Crippen LogP contribution in [0.25, 0.3) is 0 Å². The Morgan fingerprint density at radius 1 is 1.44 bits per heavy atom. The molecule has 92 valence electrons. The molecular weight excluding hydrogens is 266 g/mol. The van der Waals surface area contributed by atoms with Crippen molar-refractivity contribution in [1.29, 1.82) is 0 Å². The summed E-state index contributed by atoms with van der Waals surface area (Å²) >= 11 is 3.60. The van der Waals surface area contributed by atoms with Crippen molar-refractivity contribution < 1.29 is 0 Å². The van der Waals surface area contributed by atoms with Crippen molar-refractivity contribution in [3.05, 3.63) is 16.4 Å². The van der Waals surface area contributed by atoms with Gasteiger partial charge < -0.3 is 5.32 Å². The number of nitrogens with one attached hydrogen (secondary N) is 1. The second kappa shape index (κ2) is 5.32. The third kappa shape index (κ3) is 2.86. The summed E-state index contributed by atoms with van der Waals surface area (Å²) in [6.07, 6.45) is 1.88. The minimum atomic E-state index is 0.172. The lowest BCUT2D eigenvalue weighted by molar-refractivity contribution is 0.262. The first-order valence-corrected chi connectivity index (χ1v) is 6.65. The fourth-order valence-electron chi connectivity index (χ4n) is 1.93. The minimum Gasteiger partial charge on any atom is -0.308 e. The molecule has 1 rings (SSSR count). The molecule has 0 aromatic carbocycles. The fraction of sp³-hybridized carbons (Fsp3) is 0.750. The molecule has 1 heterocycles. The molecule has 1 aromatic rings. The van der Waals surface area contributed by atoms with Crippen LogP contribution >= 0.6 is 15.9 Å². The van der Waals surface area contributed by atoms with Crippen LogP contribution in [0.15, 0.2) is 10.7 Å². The average Bonchev–Trinajstić information content (AvgIpc) is 2.54. The lowest BCUT2D eigenvalue weighted by atomic mass is 9.84. The third-order valence-corrected chi connectivity index (χ3v) is 3.29. The van der Waals surface area contributed by atoms with Crippen LogP contribution in [0.5, 0.6) is 0 Å². The lowest BCUT2D eigenvalue weighted by Gasteiger charge is -2.32. The standard InChI is InChI=1S/C12H22BrN3/c1-6-14-11(12(3,4)5)10-9(13)8-15-16(10)7-2/h8,11,14H,6-7H2,1-5H3. The van der Waals surface area contributed by atoms with Gasteiger partial charge in [0.05, 0.1) is 22.4 Å². The molecule has 0 aliphatic carbocycles. The predicted molar refractivity (Wildman–Crippen MR) is 71.5 cm³/mol. The average molecular weight is 288 g/mol. The van der Waals surface area contributed by atoms with Crippen molar-refractivity contribution in [3.8, 4) is 0 Å². The second-order valence-electron chi connectivity index (χ2n) is 5.05. The summed E-state index contributed by atoms with van der Waals surface area (Å²) in [4.78, 5) is 0. The number of rotatable bonds is 4. The topological polar surface area (TPSA) is 29.9 Å². The molecule has 0 saturated carbocycles. The van der Waals surface area contributed by atoms with E-state index in [1.165, 1.54) is 5.69 Å². The number of nitrogens with zero attached hydrogens (tertiary/aromatic N) is 2. The van der Waals surface area contributed by atoms with Gasteiger partial charge in [0.2, 0.25) is 0 Å². The normalized spacial score (nSPS) is 14.1. The van der Waals surface area contributed by atoms with E-state index in [-0.39, 0.29) is 5.41 Å². The van der Waals surface area contributed by atoms with Gasteiger partial charge in [0, 0.05) is 6.54 Å². The number of aryl methyl sites for hydroxylation is 1. The molecule has 0 spiro atoms. The molecule has 0 bridgehead atoms. The van der Waals surface area contributed by atoms with Gasteiger partial charge in [-0.1, -0.05) is 27.7 Å². The highest BCUT2D eigenvalue weighted by Gasteiger charge is 2.29. The molecule has 0 aliphatic rings. The summed E-state index contributed by atoms with van der Waals surface area (Å²) in [7, 11) is 0. The van der Waals surface area contributed by atoms with E-state index < -0.39 is 0 Å². The Balaban J connectivity index is 3.14. The Bertz CT molecular complexity index is 339. The fourth-order valence-corrected chi connectivity index (χ4v) is 2.45. The zero-order valence-electron chi connectivity index (χ0n) is 10.8. The van der Waals surface area contributed by atoms with Gasteiger partial charge in [-0.3, -0.25) is 4.68 Å². The highest BCUT2D eigenvalue weighted by molar-refractivity contribution is 9.10. The van der Waals surface area contributed by atoms with Crippen LogP contribution in [-0.4, -0.2) is 16.3 Å². The molecule has 0 amide bonds. The van der Waals surface area contributed by atoms with E-state index in [1.54, 1.807) is 0 Å². The Morgan fingerprint density at radius 2 is 2.06 bits per heavy atom. The lowest BCUT2D eigenvalue weighted by Crippen LogP contribution is -2.34. The second-order valence-corrected chi connectivity index (χ2v) is 5.90. The quantitative estimate of drug-likeness (QED) is 0.920. The molecule has 0 fully saturated rings. The van der Waals surface area contributed by atoms with E-state index in [9.17, 15) is 0 Å². The summed E-state index contributed by atoms with van der Waals surface area (Å²) in [5.41, 5.74) is 1.42. The molecule has 1 unspecified atom stereocenters. The summed E-state index contributed by atoms with van der Waals surface area (Å²) in [6, 6.07) is 0.314. The highest BCUT2D eigenvalue weighted by atomic mass is 79.9. The monoisotopic (exact) mass is 287 g/mol. The van der Waals surface area contributed by atoms with Crippen molar-refractivity contribution in [2.24, 2.45) is 5.41 Å². The first kappa shape index (κ1) is 13.7. The number of hydrogen-bond acceptors (Lipinski definition) is 2. The third-order valence-electron chi connectivity index (χ3n) is 2.68. The number of hydrogen-bond donors (Lipinski definition) is 1. The summed E-state index contributed by atoms with van der Waals surface area (Å²) in [5, 5.41) is 7.93. The molecule has 1 N–H and O–H groups in total. The van der Waals surface area contributed by atoms with Gasteiger partial charge in [-0.2, -0.15) is 5.10 Å². The van der Waals surface area contributed by atoms with Gasteiger partial charge in [0.25, 0.3) is 0 Å². The van der Waals surface area contributed by atoms with E-state index in [2.05, 4.69) is 65.6 Å². The first-order valence-electron chi connectivity index (χ1n) is 5.86. The minimum absolute atomic E-state index is 0.172. The van der Waals surface area contributed by atoms with Gasteiger partial charge in [0.1, 0.15) is 0 Å². The Hall–Kier alpha value is -0.350. The molecule has 4 heteroatoms. The van der Waals surface area contributed by atoms with Gasteiger partial charge in [-0.25, -0.2) is 0 Å². The van der Waals surface area contributed by atoms with Crippen molar-refractivity contribution in [3.63, 3.8) is 0 Å². The molecular formula is C12H22BrN3.